The van der Waals surface area contributed by atoms with E-state index in [9.17, 15) is 14.9 Å². The maximum absolute atomic E-state index is 11.7. The summed E-state index contributed by atoms with van der Waals surface area (Å²) < 4.78 is 0. The third-order valence-electron chi connectivity index (χ3n) is 3.37. The molecule has 2 rings (SSSR count). The van der Waals surface area contributed by atoms with E-state index in [0.717, 1.165) is 6.54 Å². The van der Waals surface area contributed by atoms with Crippen molar-refractivity contribution in [3.05, 3.63) is 33.9 Å². The first-order valence-corrected chi connectivity index (χ1v) is 6.51. The summed E-state index contributed by atoms with van der Waals surface area (Å²) in [6, 6.07) is 4.72. The monoisotopic (exact) mass is 278 g/mol. The minimum atomic E-state index is -0.407. The Hall–Kier alpha value is -2.15. The number of nitrogens with one attached hydrogen (secondary N) is 2. The number of nitrogens with zero attached hydrogens (tertiary/aromatic N) is 2. The normalized spacial score (nSPS) is 18.7. The van der Waals surface area contributed by atoms with E-state index in [1.807, 2.05) is 11.8 Å². The van der Waals surface area contributed by atoms with Gasteiger partial charge in [0.25, 0.3) is 11.6 Å². The van der Waals surface area contributed by atoms with Crippen molar-refractivity contribution in [2.45, 2.75) is 13.0 Å². The van der Waals surface area contributed by atoms with Gasteiger partial charge in [-0.1, -0.05) is 0 Å². The Bertz CT molecular complexity index is 532. The lowest BCUT2D eigenvalue weighted by atomic mass is 10.1. The first kappa shape index (κ1) is 14.3. The molecule has 7 heteroatoms. The van der Waals surface area contributed by atoms with Crippen molar-refractivity contribution in [1.29, 1.82) is 0 Å². The summed E-state index contributed by atoms with van der Waals surface area (Å²) in [5.74, 6) is -0.246. The van der Waals surface area contributed by atoms with E-state index < -0.39 is 4.92 Å². The molecule has 1 fully saturated rings. The fourth-order valence-corrected chi connectivity index (χ4v) is 2.37. The molecule has 1 heterocycles. The summed E-state index contributed by atoms with van der Waals surface area (Å²) in [5.41, 5.74) is 0.968. The smallest absolute Gasteiger partial charge is 0.292 e. The van der Waals surface area contributed by atoms with Crippen LogP contribution in [0.15, 0.2) is 18.2 Å². The number of benzene rings is 1. The van der Waals surface area contributed by atoms with E-state index in [4.69, 9.17) is 0 Å². The van der Waals surface area contributed by atoms with Crippen LogP contribution in [0.5, 0.6) is 0 Å². The van der Waals surface area contributed by atoms with Crippen molar-refractivity contribution < 1.29 is 9.72 Å². The van der Waals surface area contributed by atoms with Crippen LogP contribution < -0.4 is 15.5 Å². The first-order valence-electron chi connectivity index (χ1n) is 6.51. The number of nitro benzene ring substituents is 1. The Labute approximate surface area is 117 Å². The van der Waals surface area contributed by atoms with Crippen LogP contribution in [-0.4, -0.2) is 43.6 Å². The van der Waals surface area contributed by atoms with Crippen molar-refractivity contribution in [1.82, 2.24) is 10.6 Å². The molecule has 1 aromatic rings. The number of carbonyl (C=O) groups excluding carboxylic acids is 1. The molecule has 1 amide bonds. The number of carbonyl (C=O) groups is 1. The van der Waals surface area contributed by atoms with Gasteiger partial charge in [-0.3, -0.25) is 14.9 Å². The summed E-state index contributed by atoms with van der Waals surface area (Å²) in [6.45, 7) is 4.16. The Morgan fingerprint density at radius 3 is 2.90 bits per heavy atom. The van der Waals surface area contributed by atoms with Crippen LogP contribution in [-0.2, 0) is 0 Å². The first-order chi connectivity index (χ1) is 9.52. The zero-order chi connectivity index (χ0) is 14.7. The maximum Gasteiger partial charge on any atom is 0.292 e. The molecule has 1 saturated heterocycles. The third kappa shape index (κ3) is 2.88. The highest BCUT2D eigenvalue weighted by Gasteiger charge is 2.24. The molecular formula is C13H18N4O3. The second-order valence-corrected chi connectivity index (χ2v) is 4.84. The second-order valence-electron chi connectivity index (χ2n) is 4.84. The van der Waals surface area contributed by atoms with Gasteiger partial charge in [0.15, 0.2) is 0 Å². The van der Waals surface area contributed by atoms with Gasteiger partial charge in [0, 0.05) is 44.4 Å². The predicted molar refractivity (Wildman–Crippen MR) is 76.2 cm³/mol. The number of nitro groups is 1. The van der Waals surface area contributed by atoms with E-state index >= 15 is 0 Å². The van der Waals surface area contributed by atoms with Crippen molar-refractivity contribution in [3.63, 3.8) is 0 Å². The molecule has 0 aliphatic carbocycles. The quantitative estimate of drug-likeness (QED) is 0.629. The lowest BCUT2D eigenvalue weighted by Gasteiger charge is -2.33. The van der Waals surface area contributed by atoms with Gasteiger partial charge >= 0.3 is 0 Å². The summed E-state index contributed by atoms with van der Waals surface area (Å²) >= 11 is 0. The van der Waals surface area contributed by atoms with E-state index in [2.05, 4.69) is 10.6 Å². The van der Waals surface area contributed by atoms with Gasteiger partial charge in [-0.05, 0) is 19.1 Å². The Morgan fingerprint density at radius 2 is 2.30 bits per heavy atom. The fraction of sp³-hybridized carbons (Fsp3) is 0.462. The molecule has 1 aliphatic heterocycles. The molecule has 108 valence electrons. The summed E-state index contributed by atoms with van der Waals surface area (Å²) in [5, 5.41) is 17.0. The van der Waals surface area contributed by atoms with E-state index in [1.54, 1.807) is 6.07 Å². The largest absolute Gasteiger partial charge is 0.363 e. The number of hydrogen-bond donors (Lipinski definition) is 2. The van der Waals surface area contributed by atoms with Crippen LogP contribution >= 0.6 is 0 Å². The topological polar surface area (TPSA) is 87.5 Å². The predicted octanol–water partition coefficient (Wildman–Crippen LogP) is 0.752. The highest BCUT2D eigenvalue weighted by molar-refractivity contribution is 5.95. The molecule has 0 unspecified atom stereocenters. The van der Waals surface area contributed by atoms with Crippen LogP contribution in [0.4, 0.5) is 11.4 Å². The highest BCUT2D eigenvalue weighted by atomic mass is 16.6. The molecule has 0 radical (unpaired) electrons. The molecule has 0 saturated carbocycles. The van der Waals surface area contributed by atoms with Crippen LogP contribution in [0.1, 0.15) is 17.3 Å². The van der Waals surface area contributed by atoms with E-state index in [1.165, 1.54) is 19.2 Å². The molecule has 2 N–H and O–H groups in total. The van der Waals surface area contributed by atoms with Gasteiger partial charge in [0.05, 0.1) is 4.92 Å². The van der Waals surface area contributed by atoms with Crippen molar-refractivity contribution in [3.8, 4) is 0 Å². The molecule has 1 aromatic carbocycles. The van der Waals surface area contributed by atoms with Gasteiger partial charge in [-0.25, -0.2) is 0 Å². The molecule has 1 aliphatic rings. The zero-order valence-electron chi connectivity index (χ0n) is 11.5. The minimum absolute atomic E-state index is 0.0340. The van der Waals surface area contributed by atoms with Gasteiger partial charge in [-0.2, -0.15) is 0 Å². The summed E-state index contributed by atoms with van der Waals surface area (Å²) in [6.07, 6.45) is 0. The summed E-state index contributed by atoms with van der Waals surface area (Å²) in [4.78, 5) is 24.4. The highest BCUT2D eigenvalue weighted by Crippen LogP contribution is 2.30. The van der Waals surface area contributed by atoms with Crippen LogP contribution in [0.3, 0.4) is 0 Å². The van der Waals surface area contributed by atoms with Gasteiger partial charge in [-0.15, -0.1) is 0 Å². The molecule has 0 aromatic heterocycles. The number of anilines is 1. The van der Waals surface area contributed by atoms with Gasteiger partial charge < -0.3 is 15.5 Å². The molecular weight excluding hydrogens is 260 g/mol. The lowest BCUT2D eigenvalue weighted by molar-refractivity contribution is -0.384. The number of hydrogen-bond acceptors (Lipinski definition) is 5. The van der Waals surface area contributed by atoms with Crippen molar-refractivity contribution in [2.75, 3.05) is 31.6 Å². The average Bonchev–Trinajstić information content (AvgIpc) is 2.45. The maximum atomic E-state index is 11.7. The Morgan fingerprint density at radius 1 is 1.55 bits per heavy atom. The van der Waals surface area contributed by atoms with Crippen LogP contribution in [0, 0.1) is 10.1 Å². The van der Waals surface area contributed by atoms with Crippen LogP contribution in [0.25, 0.3) is 0 Å². The molecule has 0 spiro atoms. The second kappa shape index (κ2) is 5.87. The Kier molecular flexibility index (Phi) is 4.19. The molecule has 1 atom stereocenters. The van der Waals surface area contributed by atoms with Crippen molar-refractivity contribution in [2.24, 2.45) is 0 Å². The van der Waals surface area contributed by atoms with Gasteiger partial charge in [0.2, 0.25) is 0 Å². The SMILES string of the molecule is CNC(=O)c1ccc([N+](=O)[O-])c(N2CCN[C@H](C)C2)c1. The average molecular weight is 278 g/mol. The van der Waals surface area contributed by atoms with Crippen LogP contribution in [0.2, 0.25) is 0 Å². The zero-order valence-corrected chi connectivity index (χ0v) is 11.5. The van der Waals surface area contributed by atoms with Gasteiger partial charge in [0.1, 0.15) is 5.69 Å². The standard InChI is InChI=1S/C13H18N4O3/c1-9-8-16(6-5-15-9)12-7-10(13(18)14-2)3-4-11(12)17(19)20/h3-4,7,9,15H,5-6,8H2,1-2H3,(H,14,18)/t9-/m1/s1. The number of piperazine rings is 1. The number of rotatable bonds is 3. The van der Waals surface area contributed by atoms with E-state index in [0.29, 0.717) is 24.3 Å². The minimum Gasteiger partial charge on any atom is -0.363 e. The van der Waals surface area contributed by atoms with Crippen molar-refractivity contribution >= 4 is 17.3 Å². The number of amides is 1. The van der Waals surface area contributed by atoms with E-state index in [-0.39, 0.29) is 17.6 Å². The lowest BCUT2D eigenvalue weighted by Crippen LogP contribution is -2.49. The molecule has 0 bridgehead atoms. The molecule has 20 heavy (non-hydrogen) atoms. The fourth-order valence-electron chi connectivity index (χ4n) is 2.37. The molecule has 7 nitrogen and oxygen atoms in total. The Balaban J connectivity index is 2.41. The summed E-state index contributed by atoms with van der Waals surface area (Å²) in [7, 11) is 1.54. The third-order valence-corrected chi connectivity index (χ3v) is 3.37.